The molecule has 18 heavy (non-hydrogen) atoms. The molecule has 1 heterocycles. The number of piperidine rings is 1. The Morgan fingerprint density at radius 1 is 1.22 bits per heavy atom. The zero-order valence-corrected chi connectivity index (χ0v) is 12.5. The van der Waals surface area contributed by atoms with Crippen LogP contribution < -0.4 is 4.72 Å². The van der Waals surface area contributed by atoms with Gasteiger partial charge in [0, 0.05) is 24.5 Å². The van der Waals surface area contributed by atoms with Gasteiger partial charge >= 0.3 is 0 Å². The molecule has 0 spiro atoms. The first kappa shape index (κ1) is 14.6. The number of hydrogen-bond donors (Lipinski definition) is 1. The van der Waals surface area contributed by atoms with Crippen molar-refractivity contribution in [3.8, 4) is 0 Å². The van der Waals surface area contributed by atoms with Crippen molar-refractivity contribution in [3.05, 3.63) is 0 Å². The SMILES string of the molecule is CC1CCCCN1S(=O)(=O)NCC1CCCC1Cl. The van der Waals surface area contributed by atoms with Crippen LogP contribution in [0.15, 0.2) is 0 Å². The second kappa shape index (κ2) is 6.07. The number of halogens is 1. The molecule has 0 radical (unpaired) electrons. The summed E-state index contributed by atoms with van der Waals surface area (Å²) in [7, 11) is -3.32. The molecule has 106 valence electrons. The largest absolute Gasteiger partial charge is 0.279 e. The van der Waals surface area contributed by atoms with Gasteiger partial charge in [0.2, 0.25) is 0 Å². The first-order chi connectivity index (χ1) is 8.50. The summed E-state index contributed by atoms with van der Waals surface area (Å²) in [4.78, 5) is 0. The van der Waals surface area contributed by atoms with Crippen LogP contribution in [0.1, 0.15) is 45.4 Å². The van der Waals surface area contributed by atoms with Crippen LogP contribution in [0.25, 0.3) is 0 Å². The highest BCUT2D eigenvalue weighted by Gasteiger charge is 2.31. The maximum atomic E-state index is 12.2. The summed E-state index contributed by atoms with van der Waals surface area (Å²) in [6.07, 6.45) is 6.20. The molecule has 0 bridgehead atoms. The molecule has 3 unspecified atom stereocenters. The van der Waals surface area contributed by atoms with Crippen LogP contribution in [0, 0.1) is 5.92 Å². The topological polar surface area (TPSA) is 49.4 Å². The molecule has 2 aliphatic rings. The monoisotopic (exact) mass is 294 g/mol. The minimum Gasteiger partial charge on any atom is -0.202 e. The predicted molar refractivity (Wildman–Crippen MR) is 73.9 cm³/mol. The van der Waals surface area contributed by atoms with E-state index in [-0.39, 0.29) is 11.4 Å². The van der Waals surface area contributed by atoms with E-state index in [2.05, 4.69) is 4.72 Å². The molecule has 1 aliphatic carbocycles. The lowest BCUT2D eigenvalue weighted by atomic mass is 10.1. The molecule has 2 rings (SSSR count). The van der Waals surface area contributed by atoms with Gasteiger partial charge in [-0.05, 0) is 38.5 Å². The fourth-order valence-electron chi connectivity index (χ4n) is 2.95. The van der Waals surface area contributed by atoms with Gasteiger partial charge in [0.05, 0.1) is 0 Å². The van der Waals surface area contributed by atoms with E-state index in [1.807, 2.05) is 6.92 Å². The fourth-order valence-corrected chi connectivity index (χ4v) is 4.85. The summed E-state index contributed by atoms with van der Waals surface area (Å²) >= 11 is 6.17. The molecule has 1 N–H and O–H groups in total. The maximum Gasteiger partial charge on any atom is 0.279 e. The molecule has 0 amide bonds. The molecule has 4 nitrogen and oxygen atoms in total. The Morgan fingerprint density at radius 3 is 2.61 bits per heavy atom. The van der Waals surface area contributed by atoms with Gasteiger partial charge in [0.1, 0.15) is 0 Å². The second-order valence-corrected chi connectivity index (χ2v) is 7.78. The third kappa shape index (κ3) is 3.38. The first-order valence-electron chi connectivity index (χ1n) is 6.91. The molecule has 1 saturated heterocycles. The van der Waals surface area contributed by atoms with Crippen molar-refractivity contribution in [2.75, 3.05) is 13.1 Å². The highest BCUT2D eigenvalue weighted by Crippen LogP contribution is 2.29. The molecule has 1 saturated carbocycles. The van der Waals surface area contributed by atoms with E-state index in [4.69, 9.17) is 11.6 Å². The highest BCUT2D eigenvalue weighted by molar-refractivity contribution is 7.87. The molecule has 6 heteroatoms. The number of rotatable bonds is 4. The van der Waals surface area contributed by atoms with Gasteiger partial charge in [0.15, 0.2) is 0 Å². The molecule has 3 atom stereocenters. The van der Waals surface area contributed by atoms with E-state index in [9.17, 15) is 8.42 Å². The Balaban J connectivity index is 1.90. The predicted octanol–water partition coefficient (Wildman–Crippen LogP) is 2.10. The van der Waals surface area contributed by atoms with E-state index < -0.39 is 10.2 Å². The van der Waals surface area contributed by atoms with Crippen molar-refractivity contribution in [2.45, 2.75) is 56.9 Å². The summed E-state index contributed by atoms with van der Waals surface area (Å²) < 4.78 is 28.8. The van der Waals surface area contributed by atoms with Gasteiger partial charge in [-0.2, -0.15) is 12.7 Å². The smallest absolute Gasteiger partial charge is 0.202 e. The van der Waals surface area contributed by atoms with Crippen LogP contribution in [0.4, 0.5) is 0 Å². The van der Waals surface area contributed by atoms with Crippen LogP contribution in [-0.4, -0.2) is 37.2 Å². The normalized spacial score (nSPS) is 34.9. The van der Waals surface area contributed by atoms with Crippen LogP contribution in [0.5, 0.6) is 0 Å². The van der Waals surface area contributed by atoms with Crippen molar-refractivity contribution in [3.63, 3.8) is 0 Å². The summed E-state index contributed by atoms with van der Waals surface area (Å²) in [5.41, 5.74) is 0. The van der Waals surface area contributed by atoms with Crippen molar-refractivity contribution in [1.29, 1.82) is 0 Å². The third-order valence-corrected chi connectivity index (χ3v) is 6.41. The van der Waals surface area contributed by atoms with E-state index in [0.29, 0.717) is 19.0 Å². The number of hydrogen-bond acceptors (Lipinski definition) is 2. The van der Waals surface area contributed by atoms with Gasteiger partial charge in [-0.1, -0.05) is 12.8 Å². The Kier molecular flexibility index (Phi) is 4.92. The number of nitrogens with one attached hydrogen (secondary N) is 1. The Morgan fingerprint density at radius 2 is 2.00 bits per heavy atom. The van der Waals surface area contributed by atoms with Crippen molar-refractivity contribution < 1.29 is 8.42 Å². The third-order valence-electron chi connectivity index (χ3n) is 4.14. The minimum atomic E-state index is -3.32. The molecule has 2 fully saturated rings. The summed E-state index contributed by atoms with van der Waals surface area (Å²) in [5, 5.41) is 0.131. The van der Waals surface area contributed by atoms with Crippen LogP contribution >= 0.6 is 11.6 Å². The van der Waals surface area contributed by atoms with Crippen molar-refractivity contribution in [2.24, 2.45) is 5.92 Å². The Hall–Kier alpha value is 0.160. The first-order valence-corrected chi connectivity index (χ1v) is 8.79. The summed E-state index contributed by atoms with van der Waals surface area (Å²) in [6, 6.07) is 0.117. The number of nitrogens with zero attached hydrogens (tertiary/aromatic N) is 1. The Labute approximate surface area is 115 Å². The standard InChI is InChI=1S/C12H23ClN2O2S/c1-10-5-2-3-8-15(10)18(16,17)14-9-11-6-4-7-12(11)13/h10-12,14H,2-9H2,1H3. The van der Waals surface area contributed by atoms with Gasteiger partial charge in [-0.15, -0.1) is 11.6 Å². The van der Waals surface area contributed by atoms with E-state index in [1.165, 1.54) is 0 Å². The lowest BCUT2D eigenvalue weighted by molar-refractivity contribution is 0.264. The maximum absolute atomic E-state index is 12.2. The molecule has 0 aromatic carbocycles. The van der Waals surface area contributed by atoms with Gasteiger partial charge in [-0.25, -0.2) is 4.72 Å². The van der Waals surface area contributed by atoms with E-state index >= 15 is 0 Å². The molecule has 1 aliphatic heterocycles. The van der Waals surface area contributed by atoms with Gasteiger partial charge < -0.3 is 0 Å². The highest BCUT2D eigenvalue weighted by atomic mass is 35.5. The van der Waals surface area contributed by atoms with Crippen LogP contribution in [-0.2, 0) is 10.2 Å². The lowest BCUT2D eigenvalue weighted by Crippen LogP contribution is -2.49. The Bertz CT molecular complexity index is 374. The minimum absolute atomic E-state index is 0.117. The second-order valence-electron chi connectivity index (χ2n) is 5.52. The zero-order valence-electron chi connectivity index (χ0n) is 10.9. The van der Waals surface area contributed by atoms with Crippen LogP contribution in [0.2, 0.25) is 0 Å². The fraction of sp³-hybridized carbons (Fsp3) is 1.00. The summed E-state index contributed by atoms with van der Waals surface area (Å²) in [5.74, 6) is 0.293. The molecule has 0 aromatic heterocycles. The van der Waals surface area contributed by atoms with Crippen molar-refractivity contribution in [1.82, 2.24) is 9.03 Å². The quantitative estimate of drug-likeness (QED) is 0.807. The average Bonchev–Trinajstić information content (AvgIpc) is 2.73. The van der Waals surface area contributed by atoms with Gasteiger partial charge in [-0.3, -0.25) is 0 Å². The summed E-state index contributed by atoms with van der Waals surface area (Å²) in [6.45, 7) is 3.11. The van der Waals surface area contributed by atoms with E-state index in [0.717, 1.165) is 38.5 Å². The zero-order chi connectivity index (χ0) is 13.2. The molecular weight excluding hydrogens is 272 g/mol. The number of alkyl halides is 1. The molecular formula is C12H23ClN2O2S. The lowest BCUT2D eigenvalue weighted by Gasteiger charge is -2.32. The van der Waals surface area contributed by atoms with E-state index in [1.54, 1.807) is 4.31 Å². The van der Waals surface area contributed by atoms with Gasteiger partial charge in [0.25, 0.3) is 10.2 Å². The van der Waals surface area contributed by atoms with Crippen LogP contribution in [0.3, 0.4) is 0 Å². The average molecular weight is 295 g/mol. The van der Waals surface area contributed by atoms with Crippen molar-refractivity contribution >= 4 is 21.8 Å². The molecule has 0 aromatic rings.